The lowest BCUT2D eigenvalue weighted by molar-refractivity contribution is 0.193. The van der Waals surface area contributed by atoms with Crippen molar-refractivity contribution in [2.75, 3.05) is 23.3 Å². The smallest absolute Gasteiger partial charge is 0.172 e. The predicted molar refractivity (Wildman–Crippen MR) is 111 cm³/mol. The van der Waals surface area contributed by atoms with Crippen LogP contribution in [0.3, 0.4) is 0 Å². The predicted octanol–water partition coefficient (Wildman–Crippen LogP) is 4.45. The molecule has 3 aromatic rings. The molecule has 5 rings (SSSR count). The zero-order chi connectivity index (χ0) is 21.5. The van der Waals surface area contributed by atoms with E-state index < -0.39 is 17.8 Å². The maximum atomic E-state index is 15.0. The lowest BCUT2D eigenvalue weighted by Crippen LogP contribution is -2.36. The Balaban J connectivity index is 1.35. The number of nitrogens with zero attached hydrogens (tertiary/aromatic N) is 5. The van der Waals surface area contributed by atoms with Crippen molar-refractivity contribution in [2.24, 2.45) is 11.8 Å². The number of halogens is 3. The Kier molecular flexibility index (Phi) is 5.11. The first-order valence-corrected chi connectivity index (χ1v) is 10.6. The zero-order valence-electron chi connectivity index (χ0n) is 17.1. The van der Waals surface area contributed by atoms with E-state index in [1.807, 2.05) is 0 Å². The molecule has 9 heteroatoms. The van der Waals surface area contributed by atoms with Crippen molar-refractivity contribution >= 4 is 22.7 Å². The number of rotatable bonds is 5. The summed E-state index contributed by atoms with van der Waals surface area (Å²) >= 11 is 0. The van der Waals surface area contributed by atoms with Gasteiger partial charge in [-0.2, -0.15) is 10.2 Å². The van der Waals surface area contributed by atoms with Gasteiger partial charge in [-0.1, -0.05) is 13.0 Å². The van der Waals surface area contributed by atoms with Crippen LogP contribution in [0.15, 0.2) is 30.6 Å². The van der Waals surface area contributed by atoms with E-state index in [4.69, 9.17) is 9.97 Å². The number of hydrogen-bond acceptors (Lipinski definition) is 6. The van der Waals surface area contributed by atoms with E-state index >= 15 is 4.39 Å². The largest absolute Gasteiger partial charge is 0.364 e. The number of benzene rings is 1. The number of fused-ring (bicyclic) bond motifs is 1. The van der Waals surface area contributed by atoms with E-state index in [0.717, 1.165) is 24.4 Å². The van der Waals surface area contributed by atoms with E-state index in [1.165, 1.54) is 6.07 Å². The highest BCUT2D eigenvalue weighted by Crippen LogP contribution is 2.39. The molecule has 1 saturated carbocycles. The van der Waals surface area contributed by atoms with E-state index in [9.17, 15) is 8.78 Å². The number of nitrogens with one attached hydrogen (secondary N) is 1. The quantitative estimate of drug-likeness (QED) is 0.648. The second-order valence-corrected chi connectivity index (χ2v) is 8.51. The highest BCUT2D eigenvalue weighted by molar-refractivity contribution is 5.79. The van der Waals surface area contributed by atoms with Crippen LogP contribution in [-0.2, 0) is 0 Å². The molecule has 1 aliphatic heterocycles. The number of aromatic nitrogens is 4. The summed E-state index contributed by atoms with van der Waals surface area (Å²) in [6.07, 6.45) is 3.85. The summed E-state index contributed by atoms with van der Waals surface area (Å²) in [4.78, 5) is 11.6. The van der Waals surface area contributed by atoms with Gasteiger partial charge in [0.2, 0.25) is 0 Å². The maximum absolute atomic E-state index is 15.0. The molecule has 1 aliphatic carbocycles. The van der Waals surface area contributed by atoms with E-state index in [1.54, 1.807) is 12.4 Å². The van der Waals surface area contributed by atoms with Gasteiger partial charge in [0.1, 0.15) is 28.8 Å². The molecule has 6 nitrogen and oxygen atoms in total. The van der Waals surface area contributed by atoms with Gasteiger partial charge in [0.05, 0.1) is 12.4 Å². The lowest BCUT2D eigenvalue weighted by Gasteiger charge is -2.35. The molecule has 0 radical (unpaired) electrons. The fraction of sp³-hybridized carbons (Fsp3) is 0.455. The average molecular weight is 428 g/mol. The summed E-state index contributed by atoms with van der Waals surface area (Å²) in [5.74, 6) is 0.144. The van der Waals surface area contributed by atoms with Crippen molar-refractivity contribution in [1.82, 2.24) is 20.2 Å². The number of hydrogen-bond donors (Lipinski definition) is 1. The van der Waals surface area contributed by atoms with Crippen LogP contribution in [-0.4, -0.2) is 39.3 Å². The topological polar surface area (TPSA) is 66.8 Å². The molecular formula is C22H23F3N6. The van der Waals surface area contributed by atoms with Gasteiger partial charge in [-0.3, -0.25) is 0 Å². The third-order valence-corrected chi connectivity index (χ3v) is 6.30. The van der Waals surface area contributed by atoms with Crippen LogP contribution >= 0.6 is 0 Å². The highest BCUT2D eigenvalue weighted by atomic mass is 19.1. The number of alkyl halides is 1. The van der Waals surface area contributed by atoms with Gasteiger partial charge in [0, 0.05) is 30.8 Å². The molecule has 2 aliphatic rings. The zero-order valence-corrected chi connectivity index (χ0v) is 17.1. The molecular weight excluding hydrogens is 405 g/mol. The minimum absolute atomic E-state index is 0.0750. The minimum Gasteiger partial charge on any atom is -0.364 e. The van der Waals surface area contributed by atoms with E-state index in [0.29, 0.717) is 54.7 Å². The second kappa shape index (κ2) is 7.94. The van der Waals surface area contributed by atoms with Crippen LogP contribution in [0, 0.1) is 23.5 Å². The van der Waals surface area contributed by atoms with Gasteiger partial charge in [-0.05, 0) is 37.2 Å². The maximum Gasteiger partial charge on any atom is 0.172 e. The van der Waals surface area contributed by atoms with E-state index in [-0.39, 0.29) is 11.5 Å². The molecule has 3 atom stereocenters. The first kappa shape index (κ1) is 20.0. The van der Waals surface area contributed by atoms with Crippen LogP contribution in [0.25, 0.3) is 11.0 Å². The van der Waals surface area contributed by atoms with Crippen LogP contribution in [0.4, 0.5) is 24.8 Å². The average Bonchev–Trinajstić information content (AvgIpc) is 3.47. The Morgan fingerprint density at radius 3 is 2.39 bits per heavy atom. The van der Waals surface area contributed by atoms with Crippen molar-refractivity contribution in [1.29, 1.82) is 0 Å². The Morgan fingerprint density at radius 2 is 1.74 bits per heavy atom. The van der Waals surface area contributed by atoms with Gasteiger partial charge < -0.3 is 10.2 Å². The Morgan fingerprint density at radius 1 is 1.06 bits per heavy atom. The first-order valence-electron chi connectivity index (χ1n) is 10.6. The van der Waals surface area contributed by atoms with Crippen molar-refractivity contribution in [3.05, 3.63) is 47.8 Å². The standard InChI is InChI=1S/C22H23F3N6/c1-12-8-17(12)28-21-22(30-19-11-27-26-10-18(19)29-21)31-6-4-13(5-7-31)20(25)15-3-2-14(23)9-16(15)24/h2-3,9-13,17,20H,4-8H2,1H3,(H,28,29)/t12?,17?,20-/m1/s1. The third-order valence-electron chi connectivity index (χ3n) is 6.30. The summed E-state index contributed by atoms with van der Waals surface area (Å²) in [6, 6.07) is 3.41. The Bertz CT molecular complexity index is 1100. The summed E-state index contributed by atoms with van der Waals surface area (Å²) in [5, 5.41) is 11.3. The third kappa shape index (κ3) is 4.00. The highest BCUT2D eigenvalue weighted by Gasteiger charge is 2.35. The van der Waals surface area contributed by atoms with Gasteiger partial charge in [-0.15, -0.1) is 0 Å². The molecule has 0 bridgehead atoms. The number of piperidine rings is 1. The van der Waals surface area contributed by atoms with Crippen LogP contribution in [0.5, 0.6) is 0 Å². The molecule has 3 heterocycles. The summed E-state index contributed by atoms with van der Waals surface area (Å²) in [6.45, 7) is 3.32. The molecule has 162 valence electrons. The van der Waals surface area contributed by atoms with Gasteiger partial charge in [0.25, 0.3) is 0 Å². The molecule has 31 heavy (non-hydrogen) atoms. The molecule has 0 amide bonds. The van der Waals surface area contributed by atoms with Crippen LogP contribution in [0.2, 0.25) is 0 Å². The molecule has 1 N–H and O–H groups in total. The Labute approximate surface area is 177 Å². The van der Waals surface area contributed by atoms with Crippen molar-refractivity contribution in [3.8, 4) is 0 Å². The molecule has 2 unspecified atom stereocenters. The molecule has 2 aromatic heterocycles. The van der Waals surface area contributed by atoms with Crippen LogP contribution in [0.1, 0.15) is 37.9 Å². The molecule has 1 aromatic carbocycles. The second-order valence-electron chi connectivity index (χ2n) is 8.51. The monoisotopic (exact) mass is 428 g/mol. The molecule has 2 fully saturated rings. The van der Waals surface area contributed by atoms with Gasteiger partial charge in [-0.25, -0.2) is 23.1 Å². The van der Waals surface area contributed by atoms with Gasteiger partial charge in [0.15, 0.2) is 11.6 Å². The van der Waals surface area contributed by atoms with Crippen molar-refractivity contribution in [2.45, 2.75) is 38.4 Å². The summed E-state index contributed by atoms with van der Waals surface area (Å²) in [5.41, 5.74) is 1.24. The Hall–Kier alpha value is -2.97. The van der Waals surface area contributed by atoms with E-state index in [2.05, 4.69) is 27.3 Å². The van der Waals surface area contributed by atoms with Gasteiger partial charge >= 0.3 is 0 Å². The minimum atomic E-state index is -1.47. The SMILES string of the molecule is CC1CC1Nc1nc2cnncc2nc1N1CCC([C@@H](F)c2ccc(F)cc2F)CC1. The summed E-state index contributed by atoms with van der Waals surface area (Å²) in [7, 11) is 0. The first-order chi connectivity index (χ1) is 15.0. The lowest BCUT2D eigenvalue weighted by atomic mass is 9.88. The fourth-order valence-electron chi connectivity index (χ4n) is 4.22. The molecule has 0 spiro atoms. The number of anilines is 2. The summed E-state index contributed by atoms with van der Waals surface area (Å²) < 4.78 is 42.2. The van der Waals surface area contributed by atoms with Crippen LogP contribution < -0.4 is 10.2 Å². The van der Waals surface area contributed by atoms with Crippen molar-refractivity contribution < 1.29 is 13.2 Å². The fourth-order valence-corrected chi connectivity index (χ4v) is 4.22. The normalized spacial score (nSPS) is 22.5. The van der Waals surface area contributed by atoms with Crippen molar-refractivity contribution in [3.63, 3.8) is 0 Å². The molecule has 1 saturated heterocycles.